The number of anilines is 1. The molecule has 0 bridgehead atoms. The van der Waals surface area contributed by atoms with Crippen molar-refractivity contribution in [1.82, 2.24) is 0 Å². The first-order valence-electron chi connectivity index (χ1n) is 7.07. The Labute approximate surface area is 151 Å². The lowest BCUT2D eigenvalue weighted by atomic mass is 9.95. The number of sulfonamides is 1. The summed E-state index contributed by atoms with van der Waals surface area (Å²) in [6, 6.07) is 11.6. The number of hydrogen-bond acceptors (Lipinski definition) is 4. The molecule has 0 saturated carbocycles. The van der Waals surface area contributed by atoms with Gasteiger partial charge in [0.05, 0.1) is 10.6 Å². The highest BCUT2D eigenvalue weighted by Gasteiger charge is 2.61. The van der Waals surface area contributed by atoms with Crippen molar-refractivity contribution >= 4 is 43.6 Å². The van der Waals surface area contributed by atoms with Crippen molar-refractivity contribution in [1.29, 1.82) is 0 Å². The first kappa shape index (κ1) is 17.4. The van der Waals surface area contributed by atoms with E-state index in [4.69, 9.17) is 0 Å². The molecule has 0 fully saturated rings. The van der Waals surface area contributed by atoms with Gasteiger partial charge in [0.25, 0.3) is 15.6 Å². The van der Waals surface area contributed by atoms with Gasteiger partial charge in [-0.1, -0.05) is 34.1 Å². The minimum Gasteiger partial charge on any atom is -0.479 e. The standard InChI is InChI=1S/C16H12BrNO6S/c17-11-6-7-13-10(8-11)9-16(14(19)20,15(21)22)18(13)25(23,24)12-4-2-1-3-5-12/h1-8H,9H2,(H,19,20)(H,21,22). The van der Waals surface area contributed by atoms with E-state index in [1.165, 1.54) is 42.5 Å². The number of fused-ring (bicyclic) bond motifs is 1. The molecular formula is C16H12BrNO6S. The maximum atomic E-state index is 13.1. The second-order valence-electron chi connectivity index (χ2n) is 5.50. The van der Waals surface area contributed by atoms with Crippen LogP contribution in [0.4, 0.5) is 5.69 Å². The number of hydrogen-bond donors (Lipinski definition) is 2. The van der Waals surface area contributed by atoms with Gasteiger partial charge in [0.15, 0.2) is 0 Å². The SMILES string of the molecule is O=C(O)C1(C(=O)O)Cc2cc(Br)ccc2N1S(=O)(=O)c1ccccc1. The topological polar surface area (TPSA) is 112 Å². The van der Waals surface area contributed by atoms with Crippen molar-refractivity contribution in [3.63, 3.8) is 0 Å². The monoisotopic (exact) mass is 425 g/mol. The van der Waals surface area contributed by atoms with E-state index < -0.39 is 33.9 Å². The molecule has 0 saturated heterocycles. The summed E-state index contributed by atoms with van der Waals surface area (Å²) in [6.45, 7) is 0. The molecule has 25 heavy (non-hydrogen) atoms. The third kappa shape index (κ3) is 2.50. The highest BCUT2D eigenvalue weighted by Crippen LogP contribution is 2.44. The van der Waals surface area contributed by atoms with Crippen molar-refractivity contribution in [3.8, 4) is 0 Å². The minimum atomic E-state index is -4.41. The summed E-state index contributed by atoms with van der Waals surface area (Å²) in [5.41, 5.74) is -2.28. The van der Waals surface area contributed by atoms with Gasteiger partial charge in [-0.3, -0.25) is 0 Å². The fraction of sp³-hybridized carbons (Fsp3) is 0.125. The lowest BCUT2D eigenvalue weighted by molar-refractivity contribution is -0.155. The van der Waals surface area contributed by atoms with Gasteiger partial charge >= 0.3 is 11.9 Å². The Bertz CT molecular complexity index is 959. The molecule has 7 nitrogen and oxygen atoms in total. The third-order valence-electron chi connectivity index (χ3n) is 4.04. The molecule has 2 aromatic carbocycles. The molecule has 1 heterocycles. The van der Waals surface area contributed by atoms with Gasteiger partial charge in [0, 0.05) is 10.9 Å². The van der Waals surface area contributed by atoms with Gasteiger partial charge in [0.2, 0.25) is 0 Å². The predicted octanol–water partition coefficient (Wildman–Crippen LogP) is 2.11. The molecule has 130 valence electrons. The average molecular weight is 426 g/mol. The normalized spacial score (nSPS) is 15.6. The Morgan fingerprint density at radius 1 is 1.04 bits per heavy atom. The molecule has 2 aromatic rings. The maximum absolute atomic E-state index is 13.1. The molecule has 2 N–H and O–H groups in total. The first-order chi connectivity index (χ1) is 11.7. The molecule has 0 spiro atoms. The number of carboxylic acids is 2. The number of carboxylic acid groups (broad SMARTS) is 2. The maximum Gasteiger partial charge on any atom is 0.342 e. The summed E-state index contributed by atoms with van der Waals surface area (Å²) in [5, 5.41) is 19.3. The predicted molar refractivity (Wildman–Crippen MR) is 92.0 cm³/mol. The Hall–Kier alpha value is -2.39. The molecule has 0 unspecified atom stereocenters. The minimum absolute atomic E-state index is 0.0388. The lowest BCUT2D eigenvalue weighted by Gasteiger charge is -2.32. The zero-order chi connectivity index (χ0) is 18.4. The van der Waals surface area contributed by atoms with Crippen LogP contribution in [0.3, 0.4) is 0 Å². The van der Waals surface area contributed by atoms with Crippen LogP contribution in [0, 0.1) is 0 Å². The summed E-state index contributed by atoms with van der Waals surface area (Å²) >= 11 is 3.23. The number of carbonyl (C=O) groups is 2. The van der Waals surface area contributed by atoms with E-state index >= 15 is 0 Å². The second-order valence-corrected chi connectivity index (χ2v) is 8.21. The largest absolute Gasteiger partial charge is 0.479 e. The van der Waals surface area contributed by atoms with Crippen LogP contribution in [0.15, 0.2) is 57.9 Å². The molecule has 1 aliphatic rings. The number of rotatable bonds is 4. The molecule has 0 atom stereocenters. The summed E-state index contributed by atoms with van der Waals surface area (Å²) in [6.07, 6.45) is -0.474. The smallest absolute Gasteiger partial charge is 0.342 e. The molecule has 0 radical (unpaired) electrons. The van der Waals surface area contributed by atoms with E-state index in [0.29, 0.717) is 14.3 Å². The summed E-state index contributed by atoms with van der Waals surface area (Å²) in [5.74, 6) is -3.49. The van der Waals surface area contributed by atoms with E-state index in [2.05, 4.69) is 15.9 Å². The Balaban J connectivity index is 2.33. The zero-order valence-corrected chi connectivity index (χ0v) is 15.0. The van der Waals surface area contributed by atoms with Crippen LogP contribution in [0.2, 0.25) is 0 Å². The van der Waals surface area contributed by atoms with E-state index in [0.717, 1.165) is 0 Å². The Kier molecular flexibility index (Phi) is 4.08. The van der Waals surface area contributed by atoms with E-state index in [1.54, 1.807) is 6.07 Å². The number of halogens is 1. The average Bonchev–Trinajstić information content (AvgIpc) is 2.92. The van der Waals surface area contributed by atoms with Gasteiger partial charge in [0.1, 0.15) is 0 Å². The second kappa shape index (κ2) is 5.85. The van der Waals surface area contributed by atoms with E-state index in [1.807, 2.05) is 0 Å². The van der Waals surface area contributed by atoms with Crippen LogP contribution in [0.25, 0.3) is 0 Å². The van der Waals surface area contributed by atoms with Crippen molar-refractivity contribution in [2.24, 2.45) is 0 Å². The zero-order valence-electron chi connectivity index (χ0n) is 12.6. The lowest BCUT2D eigenvalue weighted by Crippen LogP contribution is -2.61. The third-order valence-corrected chi connectivity index (χ3v) is 6.39. The highest BCUT2D eigenvalue weighted by atomic mass is 79.9. The first-order valence-corrected chi connectivity index (χ1v) is 9.30. The van der Waals surface area contributed by atoms with Crippen LogP contribution < -0.4 is 4.31 Å². The van der Waals surface area contributed by atoms with Crippen molar-refractivity contribution in [3.05, 3.63) is 58.6 Å². The summed E-state index contributed by atoms with van der Waals surface area (Å²) < 4.78 is 27.3. The summed E-state index contributed by atoms with van der Waals surface area (Å²) in [7, 11) is -4.41. The molecule has 0 aliphatic carbocycles. The quantitative estimate of drug-likeness (QED) is 0.725. The highest BCUT2D eigenvalue weighted by molar-refractivity contribution is 9.10. The molecular weight excluding hydrogens is 414 g/mol. The van der Waals surface area contributed by atoms with Crippen molar-refractivity contribution < 1.29 is 28.2 Å². The van der Waals surface area contributed by atoms with Gasteiger partial charge in [-0.2, -0.15) is 0 Å². The Morgan fingerprint density at radius 3 is 2.20 bits per heavy atom. The number of aliphatic carboxylic acids is 2. The Morgan fingerprint density at radius 2 is 1.64 bits per heavy atom. The number of benzene rings is 2. The van der Waals surface area contributed by atoms with E-state index in [-0.39, 0.29) is 10.6 Å². The molecule has 3 rings (SSSR count). The van der Waals surface area contributed by atoms with Crippen molar-refractivity contribution in [2.45, 2.75) is 16.9 Å². The van der Waals surface area contributed by atoms with Gasteiger partial charge in [-0.25, -0.2) is 22.3 Å². The fourth-order valence-corrected chi connectivity index (χ4v) is 5.08. The molecule has 0 aromatic heterocycles. The van der Waals surface area contributed by atoms with Crippen LogP contribution >= 0.6 is 15.9 Å². The van der Waals surface area contributed by atoms with Crippen LogP contribution in [0.1, 0.15) is 5.56 Å². The molecule has 9 heteroatoms. The van der Waals surface area contributed by atoms with Crippen LogP contribution in [-0.4, -0.2) is 36.1 Å². The van der Waals surface area contributed by atoms with Crippen molar-refractivity contribution in [2.75, 3.05) is 4.31 Å². The van der Waals surface area contributed by atoms with Gasteiger partial charge < -0.3 is 10.2 Å². The fourth-order valence-electron chi connectivity index (χ4n) is 2.90. The number of nitrogens with zero attached hydrogens (tertiary/aromatic N) is 1. The van der Waals surface area contributed by atoms with Gasteiger partial charge in [-0.15, -0.1) is 0 Å². The molecule has 0 amide bonds. The molecule has 1 aliphatic heterocycles. The summed E-state index contributed by atoms with van der Waals surface area (Å²) in [4.78, 5) is 23.6. The van der Waals surface area contributed by atoms with Crippen LogP contribution in [-0.2, 0) is 26.0 Å². The van der Waals surface area contributed by atoms with Crippen LogP contribution in [0.5, 0.6) is 0 Å². The van der Waals surface area contributed by atoms with E-state index in [9.17, 15) is 28.2 Å². The van der Waals surface area contributed by atoms with Gasteiger partial charge in [-0.05, 0) is 35.9 Å².